The lowest BCUT2D eigenvalue weighted by molar-refractivity contribution is -0.598. The number of carboxylic acids is 1. The number of aliphatic carboxylic acids is 1. The van der Waals surface area contributed by atoms with E-state index in [1.54, 1.807) is 18.2 Å². The van der Waals surface area contributed by atoms with Crippen molar-refractivity contribution in [2.45, 2.75) is 12.6 Å². The molecule has 0 fully saturated rings. The van der Waals surface area contributed by atoms with Crippen LogP contribution in [-0.4, -0.2) is 38.7 Å². The van der Waals surface area contributed by atoms with Crippen LogP contribution in [0.5, 0.6) is 0 Å². The van der Waals surface area contributed by atoms with Crippen LogP contribution in [0.3, 0.4) is 0 Å². The first-order valence-corrected chi connectivity index (χ1v) is 11.7. The lowest BCUT2D eigenvalue weighted by Gasteiger charge is -2.09. The zero-order chi connectivity index (χ0) is 29.2. The van der Waals surface area contributed by atoms with Gasteiger partial charge in [-0.05, 0) is 29.8 Å². The number of nitrogens with two attached hydrogens (primary N) is 1. The number of carboxylic acid groups (broad SMARTS) is 1. The number of para-hydroxylation sites is 1. The summed E-state index contributed by atoms with van der Waals surface area (Å²) in [5.41, 5.74) is 10.9. The summed E-state index contributed by atoms with van der Waals surface area (Å²) in [5.74, 6) is -2.79. The van der Waals surface area contributed by atoms with Crippen molar-refractivity contribution in [2.24, 2.45) is 5.10 Å². The normalized spacial score (nSPS) is 12.8. The fraction of sp³-hybridized carbons (Fsp3) is 0.0870. The number of nitrogens with zero attached hydrogens (tertiary/aromatic N) is 4. The molecular formula is C23H15Cl2F3N8O4. The maximum atomic E-state index is 12.8. The van der Waals surface area contributed by atoms with Gasteiger partial charge in [-0.25, -0.2) is 20.2 Å². The topological polar surface area (TPSA) is 182 Å². The number of nitrogen functional groups attached to an aromatic ring is 1. The van der Waals surface area contributed by atoms with E-state index in [0.717, 1.165) is 5.56 Å². The standard InChI is InChI=1S/C21H14Cl2N8O2.C2HF3O2/c22-13-2-1-3-14(23)17(13)31-18(24)12-9-25-20(27-19(12)28-21(31)33)26-11-6-4-10(5-7-11)15-8-16(32)30-29-15;3-2(4,5)1(6)7/h1-7,9H,8H2,(H4,24,25,26,27,28,29,30,32,33);(H,6,7). The molecule has 0 spiro atoms. The highest BCUT2D eigenvalue weighted by atomic mass is 35.5. The maximum absolute atomic E-state index is 12.8. The summed E-state index contributed by atoms with van der Waals surface area (Å²) in [6, 6.07) is 12.2. The number of halogens is 5. The quantitative estimate of drug-likeness (QED) is 0.258. The molecule has 40 heavy (non-hydrogen) atoms. The molecule has 0 atom stereocenters. The summed E-state index contributed by atoms with van der Waals surface area (Å²) >= 11 is 12.5. The second kappa shape index (κ2) is 11.2. The number of carbonyl (C=O) groups excluding carboxylic acids is 2. The molecule has 17 heteroatoms. The van der Waals surface area contributed by atoms with Crippen LogP contribution in [0.4, 0.5) is 30.6 Å². The van der Waals surface area contributed by atoms with Crippen LogP contribution < -0.4 is 31.8 Å². The zero-order valence-corrected chi connectivity index (χ0v) is 21.2. The molecule has 5 N–H and O–H groups in total. The largest absolute Gasteiger partial charge is 0.542 e. The van der Waals surface area contributed by atoms with E-state index in [0.29, 0.717) is 16.8 Å². The van der Waals surface area contributed by atoms with E-state index in [1.807, 2.05) is 24.3 Å². The van der Waals surface area contributed by atoms with Crippen LogP contribution in [0.2, 0.25) is 10.0 Å². The van der Waals surface area contributed by atoms with Gasteiger partial charge in [0.05, 0.1) is 28.4 Å². The van der Waals surface area contributed by atoms with E-state index in [1.165, 1.54) is 10.8 Å². The van der Waals surface area contributed by atoms with Gasteiger partial charge in [-0.2, -0.15) is 27.8 Å². The second-order valence-corrected chi connectivity index (χ2v) is 8.75. The number of aromatic nitrogens is 4. The SMILES string of the molecule is Nc1c2cnc(Nc3ccc(C4=NNC(=O)C4)cc3)nc2[nH]c(=O)[n+]1-c1c(Cl)cccc1Cl.O=C([O-])C(F)(F)F. The predicted octanol–water partition coefficient (Wildman–Crippen LogP) is 1.75. The molecule has 0 saturated heterocycles. The Bertz CT molecular complexity index is 1710. The highest BCUT2D eigenvalue weighted by Gasteiger charge is 2.29. The minimum atomic E-state index is -5.19. The monoisotopic (exact) mass is 594 g/mol. The fourth-order valence-electron chi connectivity index (χ4n) is 3.44. The Hall–Kier alpha value is -4.76. The van der Waals surface area contributed by atoms with Gasteiger partial charge in [-0.3, -0.25) is 4.79 Å². The van der Waals surface area contributed by atoms with Gasteiger partial charge in [0, 0.05) is 5.69 Å². The van der Waals surface area contributed by atoms with Crippen LogP contribution >= 0.6 is 23.2 Å². The molecule has 2 aromatic carbocycles. The van der Waals surface area contributed by atoms with E-state index in [-0.39, 0.29) is 45.5 Å². The Kier molecular flexibility index (Phi) is 7.88. The Morgan fingerprint density at radius 2 is 1.73 bits per heavy atom. The number of H-pyrrole nitrogens is 1. The second-order valence-electron chi connectivity index (χ2n) is 7.93. The zero-order valence-electron chi connectivity index (χ0n) is 19.7. The summed E-state index contributed by atoms with van der Waals surface area (Å²) in [5, 5.41) is 16.8. The number of amides is 1. The van der Waals surface area contributed by atoms with Crippen molar-refractivity contribution in [1.29, 1.82) is 0 Å². The van der Waals surface area contributed by atoms with Crippen LogP contribution in [0.15, 0.2) is 58.6 Å². The number of aromatic amines is 1. The molecule has 0 aliphatic carbocycles. The number of nitrogens with one attached hydrogen (secondary N) is 3. The van der Waals surface area contributed by atoms with Crippen molar-refractivity contribution in [3.05, 3.63) is 74.8 Å². The molecule has 2 aromatic heterocycles. The fourth-order valence-corrected chi connectivity index (χ4v) is 4.01. The molecule has 1 amide bonds. The number of alkyl halides is 3. The number of carbonyl (C=O) groups is 2. The van der Waals surface area contributed by atoms with E-state index in [4.69, 9.17) is 38.8 Å². The van der Waals surface area contributed by atoms with Gasteiger partial charge in [0.2, 0.25) is 23.3 Å². The molecule has 1 aliphatic heterocycles. The van der Waals surface area contributed by atoms with Crippen molar-refractivity contribution in [2.75, 3.05) is 11.1 Å². The minimum absolute atomic E-state index is 0.0974. The van der Waals surface area contributed by atoms with Crippen molar-refractivity contribution >= 4 is 69.3 Å². The number of anilines is 3. The van der Waals surface area contributed by atoms with Crippen LogP contribution in [0.1, 0.15) is 12.0 Å². The summed E-state index contributed by atoms with van der Waals surface area (Å²) in [6.07, 6.45) is -3.45. The van der Waals surface area contributed by atoms with Gasteiger partial charge >= 0.3 is 11.9 Å². The molecule has 1 aliphatic rings. The first-order valence-electron chi connectivity index (χ1n) is 10.9. The lowest BCUT2D eigenvalue weighted by Crippen LogP contribution is -2.51. The smallest absolute Gasteiger partial charge is 0.447 e. The summed E-state index contributed by atoms with van der Waals surface area (Å²) in [6.45, 7) is 0. The highest BCUT2D eigenvalue weighted by Crippen LogP contribution is 2.26. The molecule has 5 rings (SSSR count). The van der Waals surface area contributed by atoms with Gasteiger partial charge in [0.15, 0.2) is 0 Å². The van der Waals surface area contributed by atoms with Crippen molar-refractivity contribution in [1.82, 2.24) is 20.4 Å². The predicted molar refractivity (Wildman–Crippen MR) is 136 cm³/mol. The minimum Gasteiger partial charge on any atom is -0.542 e. The molecule has 0 bridgehead atoms. The lowest BCUT2D eigenvalue weighted by atomic mass is 10.1. The van der Waals surface area contributed by atoms with Gasteiger partial charge in [0.25, 0.3) is 0 Å². The molecule has 12 nitrogen and oxygen atoms in total. The first-order chi connectivity index (χ1) is 18.8. The average Bonchev–Trinajstić information content (AvgIpc) is 3.32. The highest BCUT2D eigenvalue weighted by molar-refractivity contribution is 6.37. The molecule has 206 valence electrons. The Morgan fingerprint density at radius 3 is 2.27 bits per heavy atom. The van der Waals surface area contributed by atoms with Crippen LogP contribution in [0, 0.1) is 0 Å². The molecular weight excluding hydrogens is 580 g/mol. The van der Waals surface area contributed by atoms with Crippen molar-refractivity contribution in [3.63, 3.8) is 0 Å². The first kappa shape index (κ1) is 28.3. The molecule has 0 saturated carbocycles. The van der Waals surface area contributed by atoms with Crippen LogP contribution in [0.25, 0.3) is 16.7 Å². The molecule has 3 heterocycles. The summed E-state index contributed by atoms with van der Waals surface area (Å²) < 4.78 is 32.7. The molecule has 0 radical (unpaired) electrons. The summed E-state index contributed by atoms with van der Waals surface area (Å²) in [4.78, 5) is 44.3. The number of rotatable bonds is 4. The number of fused-ring (bicyclic) bond motifs is 1. The number of hydrazone groups is 1. The molecule has 4 aromatic rings. The Balaban J connectivity index is 0.000000470. The third kappa shape index (κ3) is 6.10. The average molecular weight is 595 g/mol. The third-order valence-electron chi connectivity index (χ3n) is 5.24. The van der Waals surface area contributed by atoms with E-state index < -0.39 is 17.8 Å². The van der Waals surface area contributed by atoms with Gasteiger partial charge in [-0.1, -0.05) is 41.4 Å². The van der Waals surface area contributed by atoms with E-state index >= 15 is 0 Å². The summed E-state index contributed by atoms with van der Waals surface area (Å²) in [7, 11) is 0. The number of hydrogen-bond donors (Lipinski definition) is 4. The maximum Gasteiger partial charge on any atom is 0.447 e. The van der Waals surface area contributed by atoms with Crippen LogP contribution in [-0.2, 0) is 9.59 Å². The van der Waals surface area contributed by atoms with Gasteiger partial charge < -0.3 is 21.0 Å². The Morgan fingerprint density at radius 1 is 1.10 bits per heavy atom. The number of hydrogen-bond acceptors (Lipinski definition) is 9. The van der Waals surface area contributed by atoms with Crippen molar-refractivity contribution in [3.8, 4) is 5.69 Å². The van der Waals surface area contributed by atoms with E-state index in [9.17, 15) is 22.8 Å². The van der Waals surface area contributed by atoms with E-state index in [2.05, 4.69) is 30.8 Å². The Labute approximate surface area is 231 Å². The number of benzene rings is 2. The third-order valence-corrected chi connectivity index (χ3v) is 5.85. The van der Waals surface area contributed by atoms with Gasteiger partial charge in [-0.15, -0.1) is 0 Å². The molecule has 0 unspecified atom stereocenters. The van der Waals surface area contributed by atoms with Crippen molar-refractivity contribution < 1.29 is 32.4 Å². The van der Waals surface area contributed by atoms with Gasteiger partial charge in [0.1, 0.15) is 17.0 Å².